The quantitative estimate of drug-likeness (QED) is 0.741. The van der Waals surface area contributed by atoms with E-state index in [-0.39, 0.29) is 5.75 Å². The van der Waals surface area contributed by atoms with E-state index in [1.54, 1.807) is 18.2 Å². The summed E-state index contributed by atoms with van der Waals surface area (Å²) in [5.74, 6) is 0.140. The molecule has 0 aliphatic carbocycles. The lowest BCUT2D eigenvalue weighted by Gasteiger charge is -2.02. The summed E-state index contributed by atoms with van der Waals surface area (Å²) in [5, 5.41) is 21.5. The average molecular weight is 400 g/mol. The molecule has 0 fully saturated rings. The first-order valence-corrected chi connectivity index (χ1v) is 7.70. The Balaban J connectivity index is 2.47. The fourth-order valence-corrected chi connectivity index (χ4v) is 3.44. The van der Waals surface area contributed by atoms with Crippen LogP contribution in [0.5, 0.6) is 5.75 Å². The molecule has 3 nitrogen and oxygen atoms in total. The Bertz CT molecular complexity index is 678. The Morgan fingerprint density at radius 3 is 2.53 bits per heavy atom. The maximum absolute atomic E-state index is 9.65. The molecular formula is C13H8Br2N2OS. The number of allylic oxidation sites excluding steroid dienone is 1. The number of aromatic hydroxyl groups is 1. The second kappa shape index (κ2) is 5.87. The highest BCUT2D eigenvalue weighted by Crippen LogP contribution is 2.34. The van der Waals surface area contributed by atoms with E-state index in [0.29, 0.717) is 19.5 Å². The van der Waals surface area contributed by atoms with Crippen LogP contribution in [0.3, 0.4) is 0 Å². The zero-order valence-corrected chi connectivity index (χ0v) is 13.8. The van der Waals surface area contributed by atoms with Gasteiger partial charge in [0, 0.05) is 11.1 Å². The zero-order chi connectivity index (χ0) is 14.0. The summed E-state index contributed by atoms with van der Waals surface area (Å²) >= 11 is 7.97. The number of hydrogen-bond donors (Lipinski definition) is 1. The Kier molecular flexibility index (Phi) is 4.40. The van der Waals surface area contributed by atoms with Gasteiger partial charge in [0.1, 0.15) is 16.8 Å². The molecule has 1 N–H and O–H groups in total. The molecule has 0 atom stereocenters. The van der Waals surface area contributed by atoms with Gasteiger partial charge in [0.05, 0.1) is 14.5 Å². The predicted molar refractivity (Wildman–Crippen MR) is 83.8 cm³/mol. The van der Waals surface area contributed by atoms with Gasteiger partial charge >= 0.3 is 0 Å². The minimum Gasteiger partial charge on any atom is -0.506 e. The van der Waals surface area contributed by atoms with E-state index in [4.69, 9.17) is 0 Å². The number of halogens is 2. The third-order valence-corrected chi connectivity index (χ3v) is 4.52. The molecule has 0 amide bonds. The molecule has 1 aromatic carbocycles. The molecule has 1 heterocycles. The lowest BCUT2D eigenvalue weighted by atomic mass is 10.1. The van der Waals surface area contributed by atoms with Crippen LogP contribution in [-0.2, 0) is 0 Å². The van der Waals surface area contributed by atoms with Crippen molar-refractivity contribution in [2.24, 2.45) is 0 Å². The summed E-state index contributed by atoms with van der Waals surface area (Å²) in [6.07, 6.45) is 1.74. The third-order valence-electron chi connectivity index (χ3n) is 2.32. The van der Waals surface area contributed by atoms with Gasteiger partial charge in [-0.3, -0.25) is 0 Å². The van der Waals surface area contributed by atoms with Crippen LogP contribution in [0.2, 0.25) is 0 Å². The van der Waals surface area contributed by atoms with Crippen molar-refractivity contribution < 1.29 is 5.11 Å². The van der Waals surface area contributed by atoms with E-state index in [0.717, 1.165) is 11.3 Å². The van der Waals surface area contributed by atoms with Crippen LogP contribution in [0.25, 0.3) is 11.6 Å². The van der Waals surface area contributed by atoms with Crippen LogP contribution in [0.4, 0.5) is 0 Å². The molecule has 0 bridgehead atoms. The van der Waals surface area contributed by atoms with E-state index >= 15 is 0 Å². The number of hydrogen-bond acceptors (Lipinski definition) is 4. The Morgan fingerprint density at radius 2 is 2.05 bits per heavy atom. The summed E-state index contributed by atoms with van der Waals surface area (Å²) in [6.45, 7) is 1.89. The maximum Gasteiger partial charge on any atom is 0.143 e. The fourth-order valence-electron chi connectivity index (χ4n) is 1.45. The van der Waals surface area contributed by atoms with Gasteiger partial charge in [-0.05, 0) is 62.6 Å². The fraction of sp³-hybridized carbons (Fsp3) is 0.0769. The second-order valence-corrected chi connectivity index (χ2v) is 6.36. The van der Waals surface area contributed by atoms with E-state index in [1.165, 1.54) is 11.3 Å². The normalized spacial score (nSPS) is 11.4. The summed E-state index contributed by atoms with van der Waals surface area (Å²) < 4.78 is 1.14. The van der Waals surface area contributed by atoms with Crippen molar-refractivity contribution in [3.8, 4) is 11.8 Å². The molecular weight excluding hydrogens is 392 g/mol. The number of aromatic nitrogens is 1. The van der Waals surface area contributed by atoms with E-state index in [2.05, 4.69) is 42.9 Å². The highest BCUT2D eigenvalue weighted by molar-refractivity contribution is 9.11. The molecule has 0 spiro atoms. The van der Waals surface area contributed by atoms with Crippen LogP contribution >= 0.6 is 43.2 Å². The van der Waals surface area contributed by atoms with Crippen LogP contribution < -0.4 is 0 Å². The average Bonchev–Trinajstić information content (AvgIpc) is 2.79. The number of phenols is 1. The van der Waals surface area contributed by atoms with Crippen LogP contribution in [0, 0.1) is 18.3 Å². The number of nitrogens with zero attached hydrogens (tertiary/aromatic N) is 2. The van der Waals surface area contributed by atoms with E-state index in [9.17, 15) is 10.4 Å². The van der Waals surface area contributed by atoms with Crippen molar-refractivity contribution in [3.63, 3.8) is 0 Å². The Morgan fingerprint density at radius 1 is 1.42 bits per heavy atom. The van der Waals surface area contributed by atoms with E-state index < -0.39 is 0 Å². The summed E-state index contributed by atoms with van der Waals surface area (Å²) in [4.78, 5) is 4.30. The van der Waals surface area contributed by atoms with Gasteiger partial charge in [-0.2, -0.15) is 5.26 Å². The monoisotopic (exact) mass is 398 g/mol. The van der Waals surface area contributed by atoms with Crippen molar-refractivity contribution in [1.82, 2.24) is 4.98 Å². The summed E-state index contributed by atoms with van der Waals surface area (Å²) in [7, 11) is 0. The zero-order valence-electron chi connectivity index (χ0n) is 9.82. The Labute approximate surface area is 131 Å². The second-order valence-electron chi connectivity index (χ2n) is 3.80. The standard InChI is InChI=1S/C13H8Br2N2OS/c1-7-6-19-13(17-7)9(5-16)2-8-3-10(14)12(18)11(15)4-8/h2-4,6,18H,1H3/b9-2-. The molecule has 96 valence electrons. The first-order valence-electron chi connectivity index (χ1n) is 5.23. The van der Waals surface area contributed by atoms with Crippen LogP contribution in [0.15, 0.2) is 26.5 Å². The first kappa shape index (κ1) is 14.3. The molecule has 0 aliphatic heterocycles. The SMILES string of the molecule is Cc1csc(/C(C#N)=C\c2cc(Br)c(O)c(Br)c2)n1. The van der Waals surface area contributed by atoms with Gasteiger partial charge in [0.2, 0.25) is 0 Å². The molecule has 0 saturated heterocycles. The number of aryl methyl sites for hydroxylation is 1. The van der Waals surface area contributed by atoms with Crippen molar-refractivity contribution in [2.45, 2.75) is 6.92 Å². The smallest absolute Gasteiger partial charge is 0.143 e. The van der Waals surface area contributed by atoms with Gasteiger partial charge in [0.15, 0.2) is 0 Å². The first-order chi connectivity index (χ1) is 9.01. The maximum atomic E-state index is 9.65. The van der Waals surface area contributed by atoms with Crippen molar-refractivity contribution in [3.05, 3.63) is 42.7 Å². The minimum absolute atomic E-state index is 0.140. The molecule has 0 radical (unpaired) electrons. The number of phenolic OH excluding ortho intramolecular Hbond substituents is 1. The van der Waals surface area contributed by atoms with E-state index in [1.807, 2.05) is 12.3 Å². The molecule has 2 rings (SSSR count). The van der Waals surface area contributed by atoms with Gasteiger partial charge in [-0.15, -0.1) is 11.3 Å². The topological polar surface area (TPSA) is 56.9 Å². The lowest BCUT2D eigenvalue weighted by Crippen LogP contribution is -1.83. The van der Waals surface area contributed by atoms with Crippen LogP contribution in [0.1, 0.15) is 16.3 Å². The third kappa shape index (κ3) is 3.24. The highest BCUT2D eigenvalue weighted by Gasteiger charge is 2.08. The molecule has 0 saturated carbocycles. The molecule has 2 aromatic rings. The van der Waals surface area contributed by atoms with Gasteiger partial charge in [-0.1, -0.05) is 0 Å². The van der Waals surface area contributed by atoms with Gasteiger partial charge in [-0.25, -0.2) is 4.98 Å². The lowest BCUT2D eigenvalue weighted by molar-refractivity contribution is 0.468. The Hall–Kier alpha value is -1.16. The number of thiazole rings is 1. The van der Waals surface area contributed by atoms with Gasteiger partial charge < -0.3 is 5.11 Å². The molecule has 6 heteroatoms. The molecule has 1 aromatic heterocycles. The largest absolute Gasteiger partial charge is 0.506 e. The minimum atomic E-state index is 0.140. The predicted octanol–water partition coefficient (Wildman–Crippen LogP) is 4.75. The van der Waals surface area contributed by atoms with Gasteiger partial charge in [0.25, 0.3) is 0 Å². The van der Waals surface area contributed by atoms with Crippen molar-refractivity contribution in [1.29, 1.82) is 5.26 Å². The number of benzene rings is 1. The number of nitriles is 1. The van der Waals surface area contributed by atoms with Crippen molar-refractivity contribution in [2.75, 3.05) is 0 Å². The summed E-state index contributed by atoms with van der Waals surface area (Å²) in [6, 6.07) is 5.65. The molecule has 0 aliphatic rings. The molecule has 0 unspecified atom stereocenters. The summed E-state index contributed by atoms with van der Waals surface area (Å²) in [5.41, 5.74) is 2.21. The van der Waals surface area contributed by atoms with Crippen LogP contribution in [-0.4, -0.2) is 10.1 Å². The van der Waals surface area contributed by atoms with Crippen molar-refractivity contribution >= 4 is 54.8 Å². The highest BCUT2D eigenvalue weighted by atomic mass is 79.9. The molecule has 19 heavy (non-hydrogen) atoms. The number of rotatable bonds is 2.